The Balaban J connectivity index is 1.43. The number of nitrogen functional groups attached to an aromatic ring is 1. The van der Waals surface area contributed by atoms with E-state index in [1.807, 2.05) is 0 Å². The van der Waals surface area contributed by atoms with Gasteiger partial charge in [0.15, 0.2) is 0 Å². The number of amides is 1. The van der Waals surface area contributed by atoms with Crippen molar-refractivity contribution in [3.8, 4) is 5.75 Å². The molecule has 0 aliphatic carbocycles. The zero-order chi connectivity index (χ0) is 23.8. The summed E-state index contributed by atoms with van der Waals surface area (Å²) >= 11 is 6.50. The summed E-state index contributed by atoms with van der Waals surface area (Å²) in [5.74, 6) is 0.119. The molecule has 4 aromatic rings. The van der Waals surface area contributed by atoms with Gasteiger partial charge < -0.3 is 15.4 Å². The summed E-state index contributed by atoms with van der Waals surface area (Å²) in [7, 11) is 0. The van der Waals surface area contributed by atoms with Gasteiger partial charge in [0.2, 0.25) is 0 Å². The van der Waals surface area contributed by atoms with Crippen LogP contribution in [0.25, 0.3) is 16.6 Å². The molecule has 2 aliphatic heterocycles. The minimum absolute atomic E-state index is 0.161. The van der Waals surface area contributed by atoms with Crippen molar-refractivity contribution in [3.05, 3.63) is 64.6 Å². The molecular formula is C23H17ClF3N5O2. The van der Waals surface area contributed by atoms with Gasteiger partial charge in [-0.2, -0.15) is 13.2 Å². The molecule has 1 saturated heterocycles. The molecule has 0 spiro atoms. The first kappa shape index (κ1) is 21.0. The van der Waals surface area contributed by atoms with Gasteiger partial charge in [-0.15, -0.1) is 0 Å². The average Bonchev–Trinajstić information content (AvgIpc) is 3.42. The second-order valence-electron chi connectivity index (χ2n) is 8.46. The van der Waals surface area contributed by atoms with Crippen LogP contribution in [0.3, 0.4) is 0 Å². The van der Waals surface area contributed by atoms with Crippen LogP contribution in [0.5, 0.6) is 5.75 Å². The lowest BCUT2D eigenvalue weighted by Gasteiger charge is -2.36. The number of nitrogens with zero attached hydrogens (tertiary/aromatic N) is 4. The summed E-state index contributed by atoms with van der Waals surface area (Å²) in [5.41, 5.74) is 7.77. The third-order valence-corrected chi connectivity index (χ3v) is 6.78. The molecule has 1 fully saturated rings. The van der Waals surface area contributed by atoms with Crippen LogP contribution in [0.1, 0.15) is 40.4 Å². The van der Waals surface area contributed by atoms with Crippen LogP contribution in [0.4, 0.5) is 19.0 Å². The van der Waals surface area contributed by atoms with Crippen molar-refractivity contribution in [2.75, 3.05) is 12.3 Å². The zero-order valence-electron chi connectivity index (χ0n) is 17.5. The van der Waals surface area contributed by atoms with Crippen LogP contribution in [-0.4, -0.2) is 37.8 Å². The van der Waals surface area contributed by atoms with Gasteiger partial charge >= 0.3 is 6.18 Å². The molecule has 34 heavy (non-hydrogen) atoms. The highest BCUT2D eigenvalue weighted by molar-refractivity contribution is 6.34. The number of imidazole rings is 1. The molecular weight excluding hydrogens is 471 g/mol. The number of likely N-dealkylation sites (tertiary alicyclic amines) is 1. The molecule has 11 heteroatoms. The van der Waals surface area contributed by atoms with Gasteiger partial charge in [-0.25, -0.2) is 9.97 Å². The van der Waals surface area contributed by atoms with E-state index in [4.69, 9.17) is 22.1 Å². The number of halogens is 4. The second-order valence-corrected chi connectivity index (χ2v) is 8.87. The molecule has 1 amide bonds. The summed E-state index contributed by atoms with van der Waals surface area (Å²) in [6.45, 7) is 0.429. The number of carbonyl (C=O) groups excluding carboxylic acids is 1. The molecule has 2 N–H and O–H groups in total. The standard InChI is InChI=1S/C23H17ClF3N5O2/c24-14-8-15-16(32-10-29-9-17(32)21(28)30-15)7-13(14)22(33)31-5-1-2-18-20(31)12-4-3-11(23(25,26)27)6-19(12)34-18/h3-4,6-10,18,20H,1-2,5H2,(H2,28,30)/t18-,20-/m0/s1. The first-order valence-corrected chi connectivity index (χ1v) is 11.0. The number of fused-ring (bicyclic) bond motifs is 6. The van der Waals surface area contributed by atoms with Gasteiger partial charge in [-0.05, 0) is 37.1 Å². The van der Waals surface area contributed by atoms with E-state index >= 15 is 0 Å². The van der Waals surface area contributed by atoms with Crippen LogP contribution in [0.15, 0.2) is 42.9 Å². The Morgan fingerprint density at radius 3 is 2.82 bits per heavy atom. The quantitative estimate of drug-likeness (QED) is 0.414. The molecule has 0 saturated carbocycles. The summed E-state index contributed by atoms with van der Waals surface area (Å²) in [6, 6.07) is 6.16. The number of anilines is 1. The van der Waals surface area contributed by atoms with Crippen molar-refractivity contribution in [2.45, 2.75) is 31.2 Å². The van der Waals surface area contributed by atoms with E-state index in [9.17, 15) is 18.0 Å². The van der Waals surface area contributed by atoms with E-state index in [1.54, 1.807) is 34.0 Å². The number of benzene rings is 2. The van der Waals surface area contributed by atoms with Crippen molar-refractivity contribution in [2.24, 2.45) is 0 Å². The van der Waals surface area contributed by atoms with Crippen molar-refractivity contribution in [1.29, 1.82) is 0 Å². The van der Waals surface area contributed by atoms with Gasteiger partial charge in [0.25, 0.3) is 5.91 Å². The fraction of sp³-hybridized carbons (Fsp3) is 0.261. The van der Waals surface area contributed by atoms with E-state index in [-0.39, 0.29) is 28.1 Å². The monoisotopic (exact) mass is 487 g/mol. The Kier molecular flexibility index (Phi) is 4.47. The SMILES string of the molecule is Nc1nc2cc(Cl)c(C(=O)N3CCC[C@@H]4Oc5cc(C(F)(F)F)ccc5[C@@H]43)cc2n2cncc12. The predicted molar refractivity (Wildman–Crippen MR) is 119 cm³/mol. The summed E-state index contributed by atoms with van der Waals surface area (Å²) in [6.07, 6.45) is -0.451. The molecule has 0 bridgehead atoms. The fourth-order valence-corrected chi connectivity index (χ4v) is 5.15. The minimum Gasteiger partial charge on any atom is -0.488 e. The van der Waals surface area contributed by atoms with Crippen LogP contribution < -0.4 is 10.5 Å². The highest BCUT2D eigenvalue weighted by Crippen LogP contribution is 2.47. The maximum absolute atomic E-state index is 13.7. The van der Waals surface area contributed by atoms with Crippen molar-refractivity contribution >= 4 is 39.9 Å². The molecule has 6 rings (SSSR count). The van der Waals surface area contributed by atoms with E-state index < -0.39 is 23.9 Å². The number of carbonyl (C=O) groups is 1. The maximum atomic E-state index is 13.7. The summed E-state index contributed by atoms with van der Waals surface area (Å²) in [4.78, 5) is 23.8. The number of hydrogen-bond acceptors (Lipinski definition) is 5. The van der Waals surface area contributed by atoms with Gasteiger partial charge in [0.1, 0.15) is 23.2 Å². The zero-order valence-corrected chi connectivity index (χ0v) is 18.3. The van der Waals surface area contributed by atoms with Crippen molar-refractivity contribution < 1.29 is 22.7 Å². The largest absolute Gasteiger partial charge is 0.488 e. The Hall–Kier alpha value is -3.53. The van der Waals surface area contributed by atoms with E-state index in [0.29, 0.717) is 41.5 Å². The lowest BCUT2D eigenvalue weighted by molar-refractivity contribution is -0.137. The molecule has 0 radical (unpaired) electrons. The Morgan fingerprint density at radius 1 is 1.21 bits per heavy atom. The minimum atomic E-state index is -4.48. The van der Waals surface area contributed by atoms with Crippen molar-refractivity contribution in [1.82, 2.24) is 19.3 Å². The lowest BCUT2D eigenvalue weighted by atomic mass is 9.93. The molecule has 7 nitrogen and oxygen atoms in total. The van der Waals surface area contributed by atoms with Gasteiger partial charge in [0, 0.05) is 12.1 Å². The Labute approximate surface area is 195 Å². The molecule has 174 valence electrons. The molecule has 0 unspecified atom stereocenters. The average molecular weight is 488 g/mol. The van der Waals surface area contributed by atoms with Gasteiger partial charge in [0.05, 0.1) is 45.7 Å². The number of alkyl halides is 3. The van der Waals surface area contributed by atoms with Gasteiger partial charge in [-0.3, -0.25) is 9.20 Å². The number of nitrogens with two attached hydrogens (primary N) is 1. The van der Waals surface area contributed by atoms with Crippen molar-refractivity contribution in [3.63, 3.8) is 0 Å². The number of piperidine rings is 1. The fourth-order valence-electron chi connectivity index (χ4n) is 4.92. The smallest absolute Gasteiger partial charge is 0.416 e. The molecule has 4 heterocycles. The highest BCUT2D eigenvalue weighted by atomic mass is 35.5. The number of ether oxygens (including phenoxy) is 1. The summed E-state index contributed by atoms with van der Waals surface area (Å²) < 4.78 is 47.1. The van der Waals surface area contributed by atoms with E-state index in [1.165, 1.54) is 6.07 Å². The van der Waals surface area contributed by atoms with Crippen LogP contribution in [0.2, 0.25) is 5.02 Å². The first-order valence-electron chi connectivity index (χ1n) is 10.6. The number of aromatic nitrogens is 3. The maximum Gasteiger partial charge on any atom is 0.416 e. The van der Waals surface area contributed by atoms with Crippen LogP contribution in [-0.2, 0) is 6.18 Å². The Bertz CT molecular complexity index is 1490. The third kappa shape index (κ3) is 3.08. The van der Waals surface area contributed by atoms with Crippen LogP contribution in [0, 0.1) is 0 Å². The topological polar surface area (TPSA) is 85.8 Å². The van der Waals surface area contributed by atoms with E-state index in [0.717, 1.165) is 12.1 Å². The first-order chi connectivity index (χ1) is 16.2. The Morgan fingerprint density at radius 2 is 2.03 bits per heavy atom. The molecule has 2 atom stereocenters. The molecule has 2 aliphatic rings. The van der Waals surface area contributed by atoms with Gasteiger partial charge in [-0.1, -0.05) is 17.7 Å². The van der Waals surface area contributed by atoms with E-state index in [2.05, 4.69) is 9.97 Å². The second kappa shape index (κ2) is 7.23. The normalized spacial score (nSPS) is 19.8. The number of hydrogen-bond donors (Lipinski definition) is 1. The third-order valence-electron chi connectivity index (χ3n) is 6.47. The molecule has 2 aromatic carbocycles. The lowest BCUT2D eigenvalue weighted by Crippen LogP contribution is -2.44. The summed E-state index contributed by atoms with van der Waals surface area (Å²) in [5, 5.41) is 0.206. The predicted octanol–water partition coefficient (Wildman–Crippen LogP) is 4.88. The highest BCUT2D eigenvalue weighted by Gasteiger charge is 2.44. The van der Waals surface area contributed by atoms with Crippen LogP contribution >= 0.6 is 11.6 Å². The molecule has 2 aromatic heterocycles. The number of rotatable bonds is 1.